The second-order valence-electron chi connectivity index (χ2n) is 5.64. The quantitative estimate of drug-likeness (QED) is 0.793. The molecule has 1 aromatic carbocycles. The van der Waals surface area contributed by atoms with Crippen LogP contribution in [-0.2, 0) is 15.9 Å². The van der Waals surface area contributed by atoms with E-state index in [2.05, 4.69) is 13.8 Å². The lowest BCUT2D eigenvalue weighted by molar-refractivity contribution is -0.255. The summed E-state index contributed by atoms with van der Waals surface area (Å²) in [5.41, 5.74) is 1.59. The maximum Gasteiger partial charge on any atom is 0.0715 e. The molecule has 0 bridgehead atoms. The van der Waals surface area contributed by atoms with Crippen LogP contribution in [0.5, 0.6) is 0 Å². The van der Waals surface area contributed by atoms with Gasteiger partial charge in [0.1, 0.15) is 0 Å². The fourth-order valence-corrected chi connectivity index (χ4v) is 3.08. The van der Waals surface area contributed by atoms with Crippen LogP contribution < -0.4 is 5.11 Å². The number of benzene rings is 1. The zero-order valence-electron chi connectivity index (χ0n) is 11.4. The SMILES string of the molecule is CON1C(C)(C)c2ccc(C(=O)[O-])cc2C1(C)C. The van der Waals surface area contributed by atoms with Crippen LogP contribution in [0.4, 0.5) is 0 Å². The summed E-state index contributed by atoms with van der Waals surface area (Å²) in [5.74, 6) is -1.15. The lowest BCUT2D eigenvalue weighted by Crippen LogP contribution is -2.44. The van der Waals surface area contributed by atoms with Crippen molar-refractivity contribution >= 4 is 5.97 Å². The summed E-state index contributed by atoms with van der Waals surface area (Å²) in [6.45, 7) is 8.15. The maximum atomic E-state index is 11.0. The van der Waals surface area contributed by atoms with Crippen molar-refractivity contribution in [2.24, 2.45) is 0 Å². The molecule has 0 N–H and O–H groups in total. The van der Waals surface area contributed by atoms with Crippen LogP contribution in [0.2, 0.25) is 0 Å². The van der Waals surface area contributed by atoms with Crippen molar-refractivity contribution in [2.45, 2.75) is 38.8 Å². The predicted molar refractivity (Wildman–Crippen MR) is 65.7 cm³/mol. The van der Waals surface area contributed by atoms with E-state index < -0.39 is 5.97 Å². The second-order valence-corrected chi connectivity index (χ2v) is 5.64. The summed E-state index contributed by atoms with van der Waals surface area (Å²) in [4.78, 5) is 16.5. The molecule has 1 heterocycles. The molecule has 0 saturated heterocycles. The highest BCUT2D eigenvalue weighted by Crippen LogP contribution is 2.49. The van der Waals surface area contributed by atoms with E-state index >= 15 is 0 Å². The summed E-state index contributed by atoms with van der Waals surface area (Å²) in [6, 6.07) is 5.12. The minimum atomic E-state index is -1.15. The van der Waals surface area contributed by atoms with E-state index in [-0.39, 0.29) is 16.6 Å². The van der Waals surface area contributed by atoms with Gasteiger partial charge < -0.3 is 14.7 Å². The smallest absolute Gasteiger partial charge is 0.0715 e. The molecule has 1 aliphatic heterocycles. The molecule has 0 saturated carbocycles. The van der Waals surface area contributed by atoms with Gasteiger partial charge in [0.15, 0.2) is 0 Å². The number of carboxylic acids is 1. The molecular weight excluding hydrogens is 230 g/mol. The average molecular weight is 248 g/mol. The highest BCUT2D eigenvalue weighted by atomic mass is 16.7. The standard InChI is InChI=1S/C14H19NO3/c1-13(2)10-7-6-9(12(16)17)8-11(10)14(3,4)15(13)18-5/h6-8H,1-5H3,(H,16,17)/p-1. The van der Waals surface area contributed by atoms with E-state index in [0.29, 0.717) is 0 Å². The van der Waals surface area contributed by atoms with Gasteiger partial charge in [0.05, 0.1) is 24.2 Å². The molecule has 18 heavy (non-hydrogen) atoms. The zero-order valence-corrected chi connectivity index (χ0v) is 11.4. The third-order valence-electron chi connectivity index (χ3n) is 3.77. The Morgan fingerprint density at radius 2 is 1.72 bits per heavy atom. The van der Waals surface area contributed by atoms with Crippen molar-refractivity contribution < 1.29 is 14.7 Å². The summed E-state index contributed by atoms with van der Waals surface area (Å²) < 4.78 is 0. The third-order valence-corrected chi connectivity index (χ3v) is 3.77. The van der Waals surface area contributed by atoms with Gasteiger partial charge in [0.2, 0.25) is 0 Å². The number of fused-ring (bicyclic) bond motifs is 1. The fraction of sp³-hybridized carbons (Fsp3) is 0.500. The predicted octanol–water partition coefficient (Wildman–Crippen LogP) is 1.40. The van der Waals surface area contributed by atoms with Gasteiger partial charge in [-0.1, -0.05) is 12.1 Å². The Morgan fingerprint density at radius 1 is 1.17 bits per heavy atom. The zero-order chi connectivity index (χ0) is 13.7. The molecule has 0 amide bonds. The largest absolute Gasteiger partial charge is 0.545 e. The molecule has 0 fully saturated rings. The first kappa shape index (κ1) is 13.1. The fourth-order valence-electron chi connectivity index (χ4n) is 3.08. The van der Waals surface area contributed by atoms with E-state index in [1.54, 1.807) is 19.2 Å². The van der Waals surface area contributed by atoms with E-state index in [9.17, 15) is 9.90 Å². The first-order valence-electron chi connectivity index (χ1n) is 5.93. The Balaban J connectivity index is 2.67. The Hall–Kier alpha value is -1.39. The number of rotatable bonds is 2. The molecule has 4 nitrogen and oxygen atoms in total. The van der Waals surface area contributed by atoms with Crippen LogP contribution in [0.3, 0.4) is 0 Å². The number of hydroxylamine groups is 2. The minimum Gasteiger partial charge on any atom is -0.545 e. The summed E-state index contributed by atoms with van der Waals surface area (Å²) in [5, 5.41) is 12.9. The normalized spacial score (nSPS) is 20.7. The molecule has 4 heteroatoms. The molecule has 0 spiro atoms. The number of aromatic carboxylic acids is 1. The highest BCUT2D eigenvalue weighted by Gasteiger charge is 2.49. The van der Waals surface area contributed by atoms with Crippen LogP contribution in [0.25, 0.3) is 0 Å². The second kappa shape index (κ2) is 3.80. The first-order chi connectivity index (χ1) is 8.22. The molecule has 0 radical (unpaired) electrons. The van der Waals surface area contributed by atoms with Crippen molar-refractivity contribution in [3.63, 3.8) is 0 Å². The van der Waals surface area contributed by atoms with E-state index in [1.165, 1.54) is 0 Å². The number of carboxylic acid groups (broad SMARTS) is 1. The van der Waals surface area contributed by atoms with E-state index in [0.717, 1.165) is 11.1 Å². The van der Waals surface area contributed by atoms with Gasteiger partial charge in [-0.25, -0.2) is 0 Å². The number of hydrogen-bond acceptors (Lipinski definition) is 4. The number of carbonyl (C=O) groups is 1. The van der Waals surface area contributed by atoms with E-state index in [4.69, 9.17) is 4.84 Å². The Morgan fingerprint density at radius 3 is 2.22 bits per heavy atom. The van der Waals surface area contributed by atoms with Gasteiger partial charge in [-0.2, -0.15) is 5.06 Å². The first-order valence-corrected chi connectivity index (χ1v) is 5.93. The van der Waals surface area contributed by atoms with E-state index in [1.807, 2.05) is 25.0 Å². The van der Waals surface area contributed by atoms with Crippen molar-refractivity contribution in [2.75, 3.05) is 7.11 Å². The molecule has 98 valence electrons. The maximum absolute atomic E-state index is 11.0. The Bertz CT molecular complexity index is 506. The molecule has 0 aliphatic carbocycles. The van der Waals surface area contributed by atoms with Crippen molar-refractivity contribution in [1.82, 2.24) is 5.06 Å². The van der Waals surface area contributed by atoms with Gasteiger partial charge >= 0.3 is 0 Å². The van der Waals surface area contributed by atoms with Crippen molar-refractivity contribution in [3.8, 4) is 0 Å². The third kappa shape index (κ3) is 1.56. The van der Waals surface area contributed by atoms with Crippen LogP contribution in [0.1, 0.15) is 49.2 Å². The van der Waals surface area contributed by atoms with Crippen LogP contribution in [0.15, 0.2) is 18.2 Å². The molecular formula is C14H18NO3-. The molecule has 0 unspecified atom stereocenters. The molecule has 2 rings (SSSR count). The summed E-state index contributed by atoms with van der Waals surface area (Å²) in [6.07, 6.45) is 0. The topological polar surface area (TPSA) is 52.6 Å². The number of hydrogen-bond donors (Lipinski definition) is 0. The van der Waals surface area contributed by atoms with Crippen LogP contribution in [0, 0.1) is 0 Å². The minimum absolute atomic E-state index is 0.204. The van der Waals surface area contributed by atoms with Gasteiger partial charge in [-0.05, 0) is 50.5 Å². The summed E-state index contributed by atoms with van der Waals surface area (Å²) >= 11 is 0. The van der Waals surface area contributed by atoms with Crippen molar-refractivity contribution in [1.29, 1.82) is 0 Å². The van der Waals surface area contributed by atoms with Gasteiger partial charge in [0, 0.05) is 0 Å². The van der Waals surface area contributed by atoms with Crippen LogP contribution >= 0.6 is 0 Å². The lowest BCUT2D eigenvalue weighted by Gasteiger charge is -2.38. The van der Waals surface area contributed by atoms with Crippen molar-refractivity contribution in [3.05, 3.63) is 34.9 Å². The Labute approximate surface area is 107 Å². The highest BCUT2D eigenvalue weighted by molar-refractivity contribution is 5.86. The molecule has 1 aromatic rings. The summed E-state index contributed by atoms with van der Waals surface area (Å²) in [7, 11) is 1.63. The lowest BCUT2D eigenvalue weighted by atomic mass is 9.89. The number of carbonyl (C=O) groups excluding carboxylic acids is 1. The van der Waals surface area contributed by atoms with Gasteiger partial charge in [-0.3, -0.25) is 0 Å². The number of nitrogens with zero attached hydrogens (tertiary/aromatic N) is 1. The molecule has 1 aliphatic rings. The Kier molecular flexibility index (Phi) is 2.76. The monoisotopic (exact) mass is 248 g/mol. The molecule has 0 aromatic heterocycles. The average Bonchev–Trinajstić information content (AvgIpc) is 2.42. The van der Waals surface area contributed by atoms with Crippen LogP contribution in [-0.4, -0.2) is 18.1 Å². The van der Waals surface area contributed by atoms with Gasteiger partial charge in [-0.15, -0.1) is 0 Å². The molecule has 0 atom stereocenters. The van der Waals surface area contributed by atoms with Gasteiger partial charge in [0.25, 0.3) is 0 Å².